The molecule has 3 aromatic rings. The van der Waals surface area contributed by atoms with Crippen LogP contribution in [0.3, 0.4) is 0 Å². The summed E-state index contributed by atoms with van der Waals surface area (Å²) < 4.78 is 16.3. The number of rotatable bonds is 5. The Morgan fingerprint density at radius 3 is 2.84 bits per heavy atom. The molecule has 31 heavy (non-hydrogen) atoms. The van der Waals surface area contributed by atoms with Crippen LogP contribution < -0.4 is 4.90 Å². The Morgan fingerprint density at radius 2 is 2.10 bits per heavy atom. The molecule has 0 radical (unpaired) electrons. The lowest BCUT2D eigenvalue weighted by atomic mass is 9.96. The number of allylic oxidation sites excluding steroid dienone is 1. The highest BCUT2D eigenvalue weighted by Gasteiger charge is 2.25. The third-order valence-corrected chi connectivity index (χ3v) is 6.80. The van der Waals surface area contributed by atoms with E-state index in [-0.39, 0.29) is 10.8 Å². The minimum Gasteiger partial charge on any atom is -0.373 e. The zero-order valence-electron chi connectivity index (χ0n) is 18.1. The van der Waals surface area contributed by atoms with Crippen LogP contribution in [-0.2, 0) is 13.0 Å². The van der Waals surface area contributed by atoms with Crippen LogP contribution in [-0.4, -0.2) is 24.4 Å². The zero-order valence-corrected chi connectivity index (χ0v) is 18.8. The van der Waals surface area contributed by atoms with E-state index in [1.807, 2.05) is 13.1 Å². The molecule has 0 spiro atoms. The maximum absolute atomic E-state index is 14.2. The van der Waals surface area contributed by atoms with Crippen molar-refractivity contribution in [3.63, 3.8) is 0 Å². The molecule has 5 rings (SSSR count). The van der Waals surface area contributed by atoms with Crippen molar-refractivity contribution < 1.29 is 4.39 Å². The highest BCUT2D eigenvalue weighted by Crippen LogP contribution is 2.39. The lowest BCUT2D eigenvalue weighted by Crippen LogP contribution is -2.24. The van der Waals surface area contributed by atoms with Gasteiger partial charge in [-0.15, -0.1) is 0 Å². The number of fused-ring (bicyclic) bond motifs is 2. The van der Waals surface area contributed by atoms with Gasteiger partial charge in [0.2, 0.25) is 0 Å². The van der Waals surface area contributed by atoms with Crippen molar-refractivity contribution in [3.8, 4) is 0 Å². The van der Waals surface area contributed by atoms with Gasteiger partial charge in [0.1, 0.15) is 10.8 Å². The molecule has 0 unspecified atom stereocenters. The highest BCUT2D eigenvalue weighted by atomic mass is 35.5. The summed E-state index contributed by atoms with van der Waals surface area (Å²) in [4.78, 5) is 7.24. The first-order chi connectivity index (χ1) is 14.9. The van der Waals surface area contributed by atoms with Gasteiger partial charge in [0.05, 0.1) is 28.8 Å². The normalized spacial score (nSPS) is 16.3. The number of anilines is 1. The predicted octanol–water partition coefficient (Wildman–Crippen LogP) is 7.01. The standard InChI is InChI=1S/C26H27ClFN3/c1-16(2)20-11-18-5-4-10-30(3)25(18)23(13-20)29-14-21-12-19-8-9-22(28)24(27)26(19)31(21)15-17-6-7-17/h8-9,11-14,17H,1,4-7,10,15H2,2-3H3. The maximum Gasteiger partial charge on any atom is 0.143 e. The van der Waals surface area contributed by atoms with Crippen LogP contribution in [0.1, 0.15) is 43.0 Å². The Balaban J connectivity index is 1.63. The van der Waals surface area contributed by atoms with Crippen LogP contribution in [0.5, 0.6) is 0 Å². The third kappa shape index (κ3) is 3.78. The monoisotopic (exact) mass is 435 g/mol. The third-order valence-electron chi connectivity index (χ3n) is 6.44. The van der Waals surface area contributed by atoms with Crippen LogP contribution >= 0.6 is 11.6 Å². The number of aliphatic imine (C=N–C) groups is 1. The van der Waals surface area contributed by atoms with Gasteiger partial charge in [-0.2, -0.15) is 0 Å². The maximum atomic E-state index is 14.2. The molecule has 3 nitrogen and oxygen atoms in total. The van der Waals surface area contributed by atoms with Crippen molar-refractivity contribution in [1.29, 1.82) is 0 Å². The quantitative estimate of drug-likeness (QED) is 0.395. The molecule has 0 amide bonds. The first kappa shape index (κ1) is 20.3. The summed E-state index contributed by atoms with van der Waals surface area (Å²) in [6.45, 7) is 8.04. The number of aromatic nitrogens is 1. The second-order valence-electron chi connectivity index (χ2n) is 8.99. The van der Waals surface area contributed by atoms with E-state index < -0.39 is 0 Å². The molecule has 1 aromatic heterocycles. The van der Waals surface area contributed by atoms with E-state index in [4.69, 9.17) is 16.6 Å². The van der Waals surface area contributed by atoms with E-state index in [0.717, 1.165) is 59.4 Å². The van der Waals surface area contributed by atoms with Crippen molar-refractivity contribution in [2.24, 2.45) is 10.9 Å². The molecule has 0 saturated heterocycles. The van der Waals surface area contributed by atoms with E-state index in [1.54, 1.807) is 6.07 Å². The van der Waals surface area contributed by atoms with Gasteiger partial charge < -0.3 is 9.47 Å². The van der Waals surface area contributed by atoms with Gasteiger partial charge in [0, 0.05) is 25.5 Å². The summed E-state index contributed by atoms with van der Waals surface area (Å²) in [6, 6.07) is 9.67. The molecule has 5 heteroatoms. The van der Waals surface area contributed by atoms with Crippen LogP contribution in [0.4, 0.5) is 15.8 Å². The van der Waals surface area contributed by atoms with Gasteiger partial charge in [-0.25, -0.2) is 4.39 Å². The van der Waals surface area contributed by atoms with Gasteiger partial charge >= 0.3 is 0 Å². The van der Waals surface area contributed by atoms with Crippen LogP contribution in [0, 0.1) is 11.7 Å². The minimum atomic E-state index is -0.377. The Labute approximate surface area is 187 Å². The van der Waals surface area contributed by atoms with Crippen molar-refractivity contribution in [2.75, 3.05) is 18.5 Å². The molecule has 1 saturated carbocycles. The summed E-state index contributed by atoms with van der Waals surface area (Å²) in [5, 5.41) is 1.14. The zero-order chi connectivity index (χ0) is 21.7. The summed E-state index contributed by atoms with van der Waals surface area (Å²) in [5.74, 6) is 0.255. The molecule has 0 atom stereocenters. The number of halogens is 2. The fourth-order valence-electron chi connectivity index (χ4n) is 4.58. The van der Waals surface area contributed by atoms with E-state index in [9.17, 15) is 4.39 Å². The van der Waals surface area contributed by atoms with E-state index in [1.165, 1.54) is 30.2 Å². The fraction of sp³-hybridized carbons (Fsp3) is 0.346. The summed E-state index contributed by atoms with van der Waals surface area (Å²) in [7, 11) is 2.13. The summed E-state index contributed by atoms with van der Waals surface area (Å²) in [5.41, 5.74) is 7.37. The molecule has 2 aliphatic rings. The van der Waals surface area contributed by atoms with E-state index in [0.29, 0.717) is 5.92 Å². The number of hydrogen-bond donors (Lipinski definition) is 0. The predicted molar refractivity (Wildman–Crippen MR) is 130 cm³/mol. The van der Waals surface area contributed by atoms with Gasteiger partial charge in [0.15, 0.2) is 0 Å². The highest BCUT2D eigenvalue weighted by molar-refractivity contribution is 6.35. The lowest BCUT2D eigenvalue weighted by molar-refractivity contribution is 0.622. The Kier molecular flexibility index (Phi) is 5.13. The molecule has 2 heterocycles. The molecule has 0 bridgehead atoms. The number of benzene rings is 2. The SMILES string of the molecule is C=C(C)c1cc2c(c(N=Cc3cc4ccc(F)c(Cl)c4n3CC3CC3)c1)N(C)CCC2. The topological polar surface area (TPSA) is 20.5 Å². The second-order valence-corrected chi connectivity index (χ2v) is 9.37. The number of nitrogens with zero attached hydrogens (tertiary/aromatic N) is 3. The first-order valence-electron chi connectivity index (χ1n) is 11.0. The number of hydrogen-bond acceptors (Lipinski definition) is 2. The average Bonchev–Trinajstić information content (AvgIpc) is 3.49. The molecule has 1 fully saturated rings. The van der Waals surface area contributed by atoms with Gasteiger partial charge in [-0.3, -0.25) is 4.99 Å². The molecule has 0 N–H and O–H groups in total. The van der Waals surface area contributed by atoms with Crippen molar-refractivity contribution in [3.05, 3.63) is 64.6 Å². The largest absolute Gasteiger partial charge is 0.373 e. The van der Waals surface area contributed by atoms with Crippen LogP contribution in [0.25, 0.3) is 16.5 Å². The van der Waals surface area contributed by atoms with E-state index in [2.05, 4.69) is 41.3 Å². The first-order valence-corrected chi connectivity index (χ1v) is 11.4. The van der Waals surface area contributed by atoms with Crippen molar-refractivity contribution >= 4 is 45.7 Å². The van der Waals surface area contributed by atoms with Crippen LogP contribution in [0.2, 0.25) is 5.02 Å². The molecule has 2 aromatic carbocycles. The van der Waals surface area contributed by atoms with Gasteiger partial charge in [-0.1, -0.05) is 23.8 Å². The van der Waals surface area contributed by atoms with Gasteiger partial charge in [0.25, 0.3) is 0 Å². The molecule has 1 aliphatic carbocycles. The van der Waals surface area contributed by atoms with E-state index >= 15 is 0 Å². The molecular weight excluding hydrogens is 409 g/mol. The Bertz CT molecular complexity index is 1220. The molecule has 160 valence electrons. The number of aryl methyl sites for hydroxylation is 1. The van der Waals surface area contributed by atoms with Crippen LogP contribution in [0.15, 0.2) is 41.9 Å². The molecule has 1 aliphatic heterocycles. The van der Waals surface area contributed by atoms with Gasteiger partial charge in [-0.05, 0) is 80.0 Å². The lowest BCUT2D eigenvalue weighted by Gasteiger charge is -2.29. The van der Waals surface area contributed by atoms with Crippen molar-refractivity contribution in [2.45, 2.75) is 39.2 Å². The average molecular weight is 436 g/mol. The fourth-order valence-corrected chi connectivity index (χ4v) is 4.86. The van der Waals surface area contributed by atoms with Crippen molar-refractivity contribution in [1.82, 2.24) is 4.57 Å². The minimum absolute atomic E-state index is 0.194. The summed E-state index contributed by atoms with van der Waals surface area (Å²) >= 11 is 6.38. The second kappa shape index (κ2) is 7.83. The summed E-state index contributed by atoms with van der Waals surface area (Å²) in [6.07, 6.45) is 6.54. The molecular formula is C26H27ClFN3. The Morgan fingerprint density at radius 1 is 1.29 bits per heavy atom. The Hall–Kier alpha value is -2.59. The smallest absolute Gasteiger partial charge is 0.143 e.